The van der Waals surface area contributed by atoms with Crippen molar-refractivity contribution in [3.8, 4) is 12.3 Å². The highest BCUT2D eigenvalue weighted by atomic mass is 32.2. The monoisotopic (exact) mass is 380 g/mol. The third-order valence-electron chi connectivity index (χ3n) is 6.02. The SMILES string of the molecule is C#CCCCCCSCC1C(CCCCCCC(=O)O)C2OC1C1OC21. The Kier molecular flexibility index (Phi) is 7.72. The van der Waals surface area contributed by atoms with E-state index in [0.717, 1.165) is 32.1 Å². The Morgan fingerprint density at radius 2 is 1.62 bits per heavy atom. The van der Waals surface area contributed by atoms with E-state index >= 15 is 0 Å². The van der Waals surface area contributed by atoms with E-state index in [9.17, 15) is 4.79 Å². The van der Waals surface area contributed by atoms with Gasteiger partial charge in [-0.2, -0.15) is 11.8 Å². The second-order valence-electron chi connectivity index (χ2n) is 7.89. The second-order valence-corrected chi connectivity index (χ2v) is 9.04. The molecule has 3 saturated heterocycles. The van der Waals surface area contributed by atoms with E-state index in [-0.39, 0.29) is 0 Å². The van der Waals surface area contributed by atoms with Crippen LogP contribution in [0.25, 0.3) is 0 Å². The molecular formula is C21H32O4S. The van der Waals surface area contributed by atoms with Crippen LogP contribution in [0, 0.1) is 24.2 Å². The molecule has 3 heterocycles. The van der Waals surface area contributed by atoms with Crippen molar-refractivity contribution in [1.29, 1.82) is 0 Å². The summed E-state index contributed by atoms with van der Waals surface area (Å²) in [6, 6.07) is 0. The highest BCUT2D eigenvalue weighted by Crippen LogP contribution is 2.55. The first kappa shape index (κ1) is 20.0. The van der Waals surface area contributed by atoms with Crippen LogP contribution in [0.4, 0.5) is 0 Å². The van der Waals surface area contributed by atoms with Gasteiger partial charge in [-0.05, 0) is 43.1 Å². The molecule has 3 rings (SSSR count). The number of epoxide rings is 1. The summed E-state index contributed by atoms with van der Waals surface area (Å²) < 4.78 is 12.1. The number of carboxylic acid groups (broad SMARTS) is 1. The van der Waals surface area contributed by atoms with Crippen molar-refractivity contribution in [2.45, 2.75) is 88.6 Å². The van der Waals surface area contributed by atoms with E-state index in [4.69, 9.17) is 21.0 Å². The number of thioether (sulfide) groups is 1. The van der Waals surface area contributed by atoms with Crippen molar-refractivity contribution in [3.63, 3.8) is 0 Å². The number of carboxylic acids is 1. The normalized spacial score (nSPS) is 33.8. The molecule has 0 aromatic carbocycles. The molecule has 6 unspecified atom stereocenters. The number of carbonyl (C=O) groups is 1. The number of rotatable bonds is 14. The smallest absolute Gasteiger partial charge is 0.303 e. The van der Waals surface area contributed by atoms with Gasteiger partial charge in [0.1, 0.15) is 12.2 Å². The van der Waals surface area contributed by atoms with Gasteiger partial charge in [-0.1, -0.05) is 25.7 Å². The summed E-state index contributed by atoms with van der Waals surface area (Å²) in [5.41, 5.74) is 0. The Balaban J connectivity index is 1.33. The standard InChI is InChI=1S/C21H32O4S/c1-2-3-4-7-10-13-26-14-16-15(11-8-5-6-9-12-17(22)23)18-20-21(25-20)19(16)24-18/h1,15-16,18-21H,3-14H2,(H,22,23). The molecule has 0 aromatic heterocycles. The number of hydrogen-bond donors (Lipinski definition) is 1. The third-order valence-corrected chi connectivity index (χ3v) is 7.21. The molecule has 4 nitrogen and oxygen atoms in total. The summed E-state index contributed by atoms with van der Waals surface area (Å²) in [5, 5.41) is 8.70. The van der Waals surface area contributed by atoms with Crippen molar-refractivity contribution < 1.29 is 19.4 Å². The maximum absolute atomic E-state index is 10.6. The lowest BCUT2D eigenvalue weighted by Crippen LogP contribution is -2.34. The molecule has 0 saturated carbocycles. The number of aliphatic carboxylic acids is 1. The van der Waals surface area contributed by atoms with E-state index in [0.29, 0.717) is 42.7 Å². The van der Waals surface area contributed by atoms with Crippen LogP contribution in [-0.2, 0) is 14.3 Å². The van der Waals surface area contributed by atoms with Crippen molar-refractivity contribution in [3.05, 3.63) is 0 Å². The molecule has 3 fully saturated rings. The zero-order valence-corrected chi connectivity index (χ0v) is 16.4. The summed E-state index contributed by atoms with van der Waals surface area (Å²) in [5.74, 6) is 5.71. The third kappa shape index (κ3) is 5.18. The topological polar surface area (TPSA) is 59.1 Å². The molecule has 1 N–H and O–H groups in total. The van der Waals surface area contributed by atoms with Gasteiger partial charge >= 0.3 is 5.97 Å². The average Bonchev–Trinajstić information content (AvgIpc) is 3.25. The Bertz CT molecular complexity index is 503. The van der Waals surface area contributed by atoms with Crippen molar-refractivity contribution >= 4 is 17.7 Å². The molecule has 2 bridgehead atoms. The van der Waals surface area contributed by atoms with Gasteiger partial charge in [-0.15, -0.1) is 12.3 Å². The van der Waals surface area contributed by atoms with Crippen LogP contribution < -0.4 is 0 Å². The van der Waals surface area contributed by atoms with Crippen LogP contribution in [0.15, 0.2) is 0 Å². The van der Waals surface area contributed by atoms with Gasteiger partial charge in [-0.3, -0.25) is 4.79 Å². The predicted octanol–water partition coefficient (Wildman–Crippen LogP) is 4.12. The van der Waals surface area contributed by atoms with Crippen LogP contribution in [-0.4, -0.2) is 47.0 Å². The fourth-order valence-corrected chi connectivity index (χ4v) is 5.90. The first-order valence-corrected chi connectivity index (χ1v) is 11.4. The molecule has 146 valence electrons. The molecule has 26 heavy (non-hydrogen) atoms. The van der Waals surface area contributed by atoms with Gasteiger partial charge in [-0.25, -0.2) is 0 Å². The Morgan fingerprint density at radius 3 is 2.38 bits per heavy atom. The summed E-state index contributed by atoms with van der Waals surface area (Å²) in [6.07, 6.45) is 16.9. The minimum Gasteiger partial charge on any atom is -0.481 e. The first-order chi connectivity index (χ1) is 12.7. The van der Waals surface area contributed by atoms with Crippen LogP contribution in [0.5, 0.6) is 0 Å². The summed E-state index contributed by atoms with van der Waals surface area (Å²) in [6.45, 7) is 0. The van der Waals surface area contributed by atoms with Gasteiger partial charge < -0.3 is 14.6 Å². The van der Waals surface area contributed by atoms with Crippen molar-refractivity contribution in [1.82, 2.24) is 0 Å². The highest BCUT2D eigenvalue weighted by Gasteiger charge is 2.68. The molecule has 0 amide bonds. The number of ether oxygens (including phenoxy) is 2. The quantitative estimate of drug-likeness (QED) is 0.279. The predicted molar refractivity (Wildman–Crippen MR) is 104 cm³/mol. The number of fused-ring (bicyclic) bond motifs is 5. The molecule has 3 aliphatic heterocycles. The van der Waals surface area contributed by atoms with Gasteiger partial charge in [0.25, 0.3) is 0 Å². The molecular weight excluding hydrogens is 348 g/mol. The number of terminal acetylenes is 1. The van der Waals surface area contributed by atoms with E-state index in [1.54, 1.807) is 0 Å². The lowest BCUT2D eigenvalue weighted by Gasteiger charge is -2.25. The van der Waals surface area contributed by atoms with Gasteiger partial charge in [0.2, 0.25) is 0 Å². The summed E-state index contributed by atoms with van der Waals surface area (Å²) in [7, 11) is 0. The summed E-state index contributed by atoms with van der Waals surface area (Å²) in [4.78, 5) is 10.6. The van der Waals surface area contributed by atoms with Crippen molar-refractivity contribution in [2.24, 2.45) is 11.8 Å². The zero-order chi connectivity index (χ0) is 18.4. The minimum absolute atomic E-state index is 0.301. The lowest BCUT2D eigenvalue weighted by molar-refractivity contribution is -0.137. The number of hydrogen-bond acceptors (Lipinski definition) is 4. The van der Waals surface area contributed by atoms with Crippen LogP contribution >= 0.6 is 11.8 Å². The van der Waals surface area contributed by atoms with E-state index in [2.05, 4.69) is 17.7 Å². The van der Waals surface area contributed by atoms with Crippen molar-refractivity contribution in [2.75, 3.05) is 11.5 Å². The molecule has 5 heteroatoms. The Labute approximate surface area is 161 Å². The molecule has 0 aromatic rings. The maximum Gasteiger partial charge on any atom is 0.303 e. The van der Waals surface area contributed by atoms with E-state index in [1.807, 2.05) is 0 Å². The van der Waals surface area contributed by atoms with Crippen LogP contribution in [0.2, 0.25) is 0 Å². The largest absolute Gasteiger partial charge is 0.481 e. The summed E-state index contributed by atoms with van der Waals surface area (Å²) >= 11 is 2.07. The fraction of sp³-hybridized carbons (Fsp3) is 0.857. The number of unbranched alkanes of at least 4 members (excludes halogenated alkanes) is 6. The van der Waals surface area contributed by atoms with Gasteiger partial charge in [0.05, 0.1) is 12.2 Å². The molecule has 3 aliphatic rings. The average molecular weight is 381 g/mol. The van der Waals surface area contributed by atoms with E-state index < -0.39 is 5.97 Å². The van der Waals surface area contributed by atoms with Gasteiger partial charge in [0, 0.05) is 18.8 Å². The van der Waals surface area contributed by atoms with Gasteiger partial charge in [0.15, 0.2) is 0 Å². The molecule has 0 radical (unpaired) electrons. The fourth-order valence-electron chi connectivity index (χ4n) is 4.61. The van der Waals surface area contributed by atoms with E-state index in [1.165, 1.54) is 37.2 Å². The maximum atomic E-state index is 10.6. The Morgan fingerprint density at radius 1 is 0.923 bits per heavy atom. The lowest BCUT2D eigenvalue weighted by atomic mass is 9.77. The minimum atomic E-state index is -0.681. The van der Waals surface area contributed by atoms with Crippen LogP contribution in [0.1, 0.15) is 64.2 Å². The molecule has 0 aliphatic carbocycles. The first-order valence-electron chi connectivity index (χ1n) is 10.3. The Hall–Kier alpha value is -0.700. The second kappa shape index (κ2) is 10.0. The zero-order valence-electron chi connectivity index (χ0n) is 15.6. The molecule has 6 atom stereocenters. The van der Waals surface area contributed by atoms with Crippen LogP contribution in [0.3, 0.4) is 0 Å². The molecule has 0 spiro atoms. The highest BCUT2D eigenvalue weighted by molar-refractivity contribution is 7.99.